The number of nitrogens with zero attached hydrogens (tertiary/aromatic N) is 1. The Morgan fingerprint density at radius 1 is 1.53 bits per heavy atom. The zero-order chi connectivity index (χ0) is 14.4. The zero-order valence-electron chi connectivity index (χ0n) is 10.8. The molecule has 7 nitrogen and oxygen atoms in total. The quantitative estimate of drug-likeness (QED) is 0.732. The molecule has 19 heavy (non-hydrogen) atoms. The highest BCUT2D eigenvalue weighted by Crippen LogP contribution is 1.99. The van der Waals surface area contributed by atoms with Crippen molar-refractivity contribution < 1.29 is 19.4 Å². The number of rotatable bonds is 6. The molecule has 0 aliphatic rings. The summed E-state index contributed by atoms with van der Waals surface area (Å²) < 4.78 is 6.09. The number of pyridine rings is 1. The largest absolute Gasteiger partial charge is 0.480 e. The summed E-state index contributed by atoms with van der Waals surface area (Å²) in [7, 11) is 3.00. The van der Waals surface area contributed by atoms with Gasteiger partial charge in [0.1, 0.15) is 6.04 Å². The third kappa shape index (κ3) is 4.22. The van der Waals surface area contributed by atoms with Gasteiger partial charge in [-0.05, 0) is 6.07 Å². The summed E-state index contributed by atoms with van der Waals surface area (Å²) in [6, 6.07) is 1.56. The van der Waals surface area contributed by atoms with Crippen molar-refractivity contribution in [2.24, 2.45) is 7.05 Å². The first kappa shape index (κ1) is 14.9. The molecule has 1 aromatic heterocycles. The van der Waals surface area contributed by atoms with Gasteiger partial charge in [-0.25, -0.2) is 4.79 Å². The highest BCUT2D eigenvalue weighted by Gasteiger charge is 2.20. The van der Waals surface area contributed by atoms with Crippen LogP contribution in [0.2, 0.25) is 0 Å². The lowest BCUT2D eigenvalue weighted by molar-refractivity contribution is -0.139. The fourth-order valence-electron chi connectivity index (χ4n) is 1.42. The molecule has 0 aliphatic heterocycles. The summed E-state index contributed by atoms with van der Waals surface area (Å²) in [4.78, 5) is 34.2. The van der Waals surface area contributed by atoms with Gasteiger partial charge in [-0.3, -0.25) is 9.59 Å². The minimum absolute atomic E-state index is 0.131. The third-order valence-corrected chi connectivity index (χ3v) is 2.58. The van der Waals surface area contributed by atoms with Gasteiger partial charge in [0.15, 0.2) is 0 Å². The Balaban J connectivity index is 2.78. The lowest BCUT2D eigenvalue weighted by Gasteiger charge is -2.14. The normalized spacial score (nSPS) is 11.9. The molecule has 0 fully saturated rings. The summed E-state index contributed by atoms with van der Waals surface area (Å²) in [6.07, 6.45) is 1.60. The second-order valence-corrected chi connectivity index (χ2v) is 4.01. The number of carbonyl (C=O) groups excluding carboxylic acids is 1. The van der Waals surface area contributed by atoms with Gasteiger partial charge in [0.2, 0.25) is 0 Å². The highest BCUT2D eigenvalue weighted by molar-refractivity contribution is 5.96. The Bertz CT molecular complexity index is 523. The second kappa shape index (κ2) is 6.69. The van der Waals surface area contributed by atoms with Crippen LogP contribution in [-0.2, 0) is 16.6 Å². The average Bonchev–Trinajstić information content (AvgIpc) is 2.37. The number of methoxy groups -OCH3 is 1. The molecule has 7 heteroatoms. The SMILES string of the molecule is COCCC(NC(=O)c1ccn(C)c(=O)c1)C(=O)O. The number of aliphatic carboxylic acids is 1. The van der Waals surface area contributed by atoms with Crippen molar-refractivity contribution in [2.45, 2.75) is 12.5 Å². The standard InChI is InChI=1S/C12H16N2O5/c1-14-5-3-8(7-10(14)15)11(16)13-9(12(17)18)4-6-19-2/h3,5,7,9H,4,6H2,1-2H3,(H,13,16)(H,17,18). The monoisotopic (exact) mass is 268 g/mol. The molecule has 0 bridgehead atoms. The van der Waals surface area contributed by atoms with Crippen LogP contribution in [0.5, 0.6) is 0 Å². The molecule has 1 heterocycles. The van der Waals surface area contributed by atoms with Crippen molar-refractivity contribution in [2.75, 3.05) is 13.7 Å². The summed E-state index contributed by atoms with van der Waals surface area (Å²) >= 11 is 0. The molecule has 1 aromatic rings. The van der Waals surface area contributed by atoms with Crippen LogP contribution < -0.4 is 10.9 Å². The Morgan fingerprint density at radius 2 is 2.21 bits per heavy atom. The Kier molecular flexibility index (Phi) is 5.25. The van der Waals surface area contributed by atoms with Gasteiger partial charge in [0.25, 0.3) is 11.5 Å². The van der Waals surface area contributed by atoms with E-state index in [4.69, 9.17) is 9.84 Å². The number of aryl methyl sites for hydroxylation is 1. The van der Waals surface area contributed by atoms with Crippen molar-refractivity contribution in [3.05, 3.63) is 34.2 Å². The Hall–Kier alpha value is -2.15. The van der Waals surface area contributed by atoms with E-state index >= 15 is 0 Å². The van der Waals surface area contributed by atoms with Gasteiger partial charge in [-0.15, -0.1) is 0 Å². The van der Waals surface area contributed by atoms with Crippen LogP contribution >= 0.6 is 0 Å². The maximum Gasteiger partial charge on any atom is 0.326 e. The van der Waals surface area contributed by atoms with E-state index in [-0.39, 0.29) is 24.2 Å². The van der Waals surface area contributed by atoms with E-state index in [1.807, 2.05) is 0 Å². The van der Waals surface area contributed by atoms with Crippen LogP contribution in [0.4, 0.5) is 0 Å². The van der Waals surface area contributed by atoms with E-state index in [0.29, 0.717) is 0 Å². The number of amides is 1. The number of carbonyl (C=O) groups is 2. The maximum absolute atomic E-state index is 11.8. The zero-order valence-corrected chi connectivity index (χ0v) is 10.8. The predicted octanol–water partition coefficient (Wildman–Crippen LogP) is -0.395. The van der Waals surface area contributed by atoms with Crippen molar-refractivity contribution in [1.82, 2.24) is 9.88 Å². The highest BCUT2D eigenvalue weighted by atomic mass is 16.5. The molecular formula is C12H16N2O5. The third-order valence-electron chi connectivity index (χ3n) is 2.58. The average molecular weight is 268 g/mol. The molecule has 1 rings (SSSR count). The van der Waals surface area contributed by atoms with Gasteiger partial charge >= 0.3 is 5.97 Å². The number of nitrogens with one attached hydrogen (secondary N) is 1. The minimum atomic E-state index is -1.14. The number of hydrogen-bond acceptors (Lipinski definition) is 4. The van der Waals surface area contributed by atoms with Crippen LogP contribution in [0.25, 0.3) is 0 Å². The van der Waals surface area contributed by atoms with Gasteiger partial charge in [0, 0.05) is 45.0 Å². The van der Waals surface area contributed by atoms with E-state index in [9.17, 15) is 14.4 Å². The first-order valence-corrected chi connectivity index (χ1v) is 5.65. The van der Waals surface area contributed by atoms with E-state index in [1.165, 1.54) is 23.9 Å². The molecule has 1 amide bonds. The summed E-state index contributed by atoms with van der Waals surface area (Å²) in [5.74, 6) is -1.74. The first-order valence-electron chi connectivity index (χ1n) is 5.65. The lowest BCUT2D eigenvalue weighted by atomic mass is 10.2. The van der Waals surface area contributed by atoms with E-state index < -0.39 is 17.9 Å². The minimum Gasteiger partial charge on any atom is -0.480 e. The van der Waals surface area contributed by atoms with Gasteiger partial charge in [0.05, 0.1) is 0 Å². The molecule has 1 unspecified atom stereocenters. The number of carboxylic acid groups (broad SMARTS) is 1. The van der Waals surface area contributed by atoms with E-state index in [2.05, 4.69) is 5.32 Å². The van der Waals surface area contributed by atoms with Crippen LogP contribution in [0.3, 0.4) is 0 Å². The molecule has 104 valence electrons. The molecule has 0 aromatic carbocycles. The van der Waals surface area contributed by atoms with Gasteiger partial charge in [-0.2, -0.15) is 0 Å². The molecule has 0 saturated carbocycles. The Morgan fingerprint density at radius 3 is 2.74 bits per heavy atom. The fourth-order valence-corrected chi connectivity index (χ4v) is 1.42. The van der Waals surface area contributed by atoms with Crippen molar-refractivity contribution in [3.8, 4) is 0 Å². The smallest absolute Gasteiger partial charge is 0.326 e. The molecule has 0 radical (unpaired) electrons. The van der Waals surface area contributed by atoms with Gasteiger partial charge < -0.3 is 19.7 Å². The second-order valence-electron chi connectivity index (χ2n) is 4.01. The molecule has 0 spiro atoms. The number of hydrogen-bond donors (Lipinski definition) is 2. The molecule has 1 atom stereocenters. The van der Waals surface area contributed by atoms with Crippen LogP contribution in [0.1, 0.15) is 16.8 Å². The molecule has 0 aliphatic carbocycles. The summed E-state index contributed by atoms with van der Waals surface area (Å²) in [6.45, 7) is 0.216. The maximum atomic E-state index is 11.8. The van der Waals surface area contributed by atoms with Gasteiger partial charge in [-0.1, -0.05) is 0 Å². The molecule has 2 N–H and O–H groups in total. The number of ether oxygens (including phenoxy) is 1. The topological polar surface area (TPSA) is 97.6 Å². The van der Waals surface area contributed by atoms with Crippen molar-refractivity contribution in [1.29, 1.82) is 0 Å². The molecular weight excluding hydrogens is 252 g/mol. The summed E-state index contributed by atoms with van der Waals surface area (Å²) in [5, 5.41) is 11.3. The Labute approximate surface area is 109 Å². The lowest BCUT2D eigenvalue weighted by Crippen LogP contribution is -2.41. The number of aromatic nitrogens is 1. The van der Waals surface area contributed by atoms with Crippen LogP contribution in [0.15, 0.2) is 23.1 Å². The van der Waals surface area contributed by atoms with Crippen LogP contribution in [0, 0.1) is 0 Å². The summed E-state index contributed by atoms with van der Waals surface area (Å²) in [5.41, 5.74) is -0.205. The van der Waals surface area contributed by atoms with Crippen LogP contribution in [-0.4, -0.2) is 41.3 Å². The van der Waals surface area contributed by atoms with Crippen molar-refractivity contribution >= 4 is 11.9 Å². The fraction of sp³-hybridized carbons (Fsp3) is 0.417. The van der Waals surface area contributed by atoms with E-state index in [1.54, 1.807) is 7.05 Å². The first-order chi connectivity index (χ1) is 8.95. The molecule has 0 saturated heterocycles. The predicted molar refractivity (Wildman–Crippen MR) is 67.1 cm³/mol. The van der Waals surface area contributed by atoms with E-state index in [0.717, 1.165) is 6.07 Å². The van der Waals surface area contributed by atoms with Crippen molar-refractivity contribution in [3.63, 3.8) is 0 Å². The number of carboxylic acids is 1.